The first kappa shape index (κ1) is 20.4. The lowest BCUT2D eigenvalue weighted by molar-refractivity contribution is -0.172. The Morgan fingerprint density at radius 1 is 1.13 bits per heavy atom. The molecule has 6 nitrogen and oxygen atoms in total. The van der Waals surface area contributed by atoms with E-state index in [1.165, 1.54) is 0 Å². The second kappa shape index (κ2) is 10.2. The van der Waals surface area contributed by atoms with Crippen LogP contribution in [0, 0.1) is 11.8 Å². The number of hydrogen-bond acceptors (Lipinski definition) is 6. The summed E-state index contributed by atoms with van der Waals surface area (Å²) in [5, 5.41) is 0. The van der Waals surface area contributed by atoms with Gasteiger partial charge in [0.1, 0.15) is 24.4 Å². The van der Waals surface area contributed by atoms with Crippen LogP contribution in [-0.4, -0.2) is 56.8 Å². The minimum absolute atomic E-state index is 0.133. The van der Waals surface area contributed by atoms with Gasteiger partial charge in [0.05, 0.1) is 13.2 Å². The van der Waals surface area contributed by atoms with Crippen LogP contribution in [0.15, 0.2) is 0 Å². The summed E-state index contributed by atoms with van der Waals surface area (Å²) in [5.41, 5.74) is 5.79. The topological polar surface area (TPSA) is 80.0 Å². The maximum atomic E-state index is 12.0. The van der Waals surface area contributed by atoms with Crippen LogP contribution in [0.4, 0.5) is 0 Å². The molecule has 4 atom stereocenters. The highest BCUT2D eigenvalue weighted by Gasteiger charge is 2.36. The Labute approximate surface area is 140 Å². The predicted octanol–water partition coefficient (Wildman–Crippen LogP) is 1.75. The van der Waals surface area contributed by atoms with E-state index in [-0.39, 0.29) is 24.9 Å². The molecule has 1 saturated heterocycles. The molecule has 2 N–H and O–H groups in total. The van der Waals surface area contributed by atoms with E-state index in [4.69, 9.17) is 24.7 Å². The smallest absolute Gasteiger partial charge is 0.325 e. The van der Waals surface area contributed by atoms with Gasteiger partial charge in [0, 0.05) is 13.2 Å². The lowest BCUT2D eigenvalue weighted by atomic mass is 10.0. The monoisotopic (exact) mass is 331 g/mol. The highest BCUT2D eigenvalue weighted by molar-refractivity contribution is 5.75. The van der Waals surface area contributed by atoms with Crippen molar-refractivity contribution in [3.8, 4) is 0 Å². The van der Waals surface area contributed by atoms with Crippen LogP contribution in [0.25, 0.3) is 0 Å². The second-order valence-electron chi connectivity index (χ2n) is 6.98. The van der Waals surface area contributed by atoms with Gasteiger partial charge in [-0.15, -0.1) is 0 Å². The van der Waals surface area contributed by atoms with Crippen LogP contribution in [0.3, 0.4) is 0 Å². The van der Waals surface area contributed by atoms with Crippen LogP contribution < -0.4 is 5.73 Å². The number of rotatable bonds is 7. The van der Waals surface area contributed by atoms with Crippen molar-refractivity contribution in [2.45, 2.75) is 65.4 Å². The van der Waals surface area contributed by atoms with Gasteiger partial charge < -0.3 is 24.7 Å². The molecule has 6 heteroatoms. The van der Waals surface area contributed by atoms with Crippen LogP contribution >= 0.6 is 0 Å². The largest absolute Gasteiger partial charge is 0.458 e. The summed E-state index contributed by atoms with van der Waals surface area (Å²) in [5.74, 6) is 0.336. The molecule has 0 amide bonds. The fraction of sp³-hybridized carbons (Fsp3) is 0.941. The van der Waals surface area contributed by atoms with Crippen LogP contribution in [-0.2, 0) is 23.7 Å². The molecule has 1 aliphatic rings. The first-order valence-electron chi connectivity index (χ1n) is 8.62. The number of hydrogen-bond donors (Lipinski definition) is 1. The van der Waals surface area contributed by atoms with Crippen molar-refractivity contribution in [2.24, 2.45) is 17.6 Å². The van der Waals surface area contributed by atoms with Gasteiger partial charge in [-0.2, -0.15) is 0 Å². The van der Waals surface area contributed by atoms with E-state index in [2.05, 4.69) is 27.7 Å². The Hall–Kier alpha value is -0.690. The van der Waals surface area contributed by atoms with Gasteiger partial charge in [-0.3, -0.25) is 4.79 Å². The SMILES string of the molecule is CC[C@H]1OC(=O)[C@@H](N)COC[C@H](OCC(C)C)[C@H]1OCC(C)C. The van der Waals surface area contributed by atoms with Gasteiger partial charge in [-0.1, -0.05) is 34.6 Å². The quantitative estimate of drug-likeness (QED) is 0.716. The Balaban J connectivity index is 2.90. The lowest BCUT2D eigenvalue weighted by Gasteiger charge is -2.32. The zero-order valence-corrected chi connectivity index (χ0v) is 15.1. The first-order chi connectivity index (χ1) is 10.8. The predicted molar refractivity (Wildman–Crippen MR) is 88.1 cm³/mol. The van der Waals surface area contributed by atoms with E-state index >= 15 is 0 Å². The summed E-state index contributed by atoms with van der Waals surface area (Å²) >= 11 is 0. The molecule has 0 saturated carbocycles. The Morgan fingerprint density at radius 3 is 2.30 bits per heavy atom. The van der Waals surface area contributed by atoms with Crippen molar-refractivity contribution in [2.75, 3.05) is 26.4 Å². The number of carbonyl (C=O) groups is 1. The van der Waals surface area contributed by atoms with Crippen molar-refractivity contribution in [1.82, 2.24) is 0 Å². The van der Waals surface area contributed by atoms with Crippen LogP contribution in [0.2, 0.25) is 0 Å². The zero-order valence-electron chi connectivity index (χ0n) is 15.1. The third-order valence-corrected chi connectivity index (χ3v) is 3.55. The van der Waals surface area contributed by atoms with Gasteiger partial charge in [0.25, 0.3) is 0 Å². The summed E-state index contributed by atoms with van der Waals surface area (Å²) in [6.07, 6.45) is -0.372. The Kier molecular flexibility index (Phi) is 9.06. The summed E-state index contributed by atoms with van der Waals surface area (Å²) < 4.78 is 23.2. The molecule has 0 aliphatic carbocycles. The van der Waals surface area contributed by atoms with Crippen molar-refractivity contribution in [3.63, 3.8) is 0 Å². The molecule has 1 heterocycles. The number of carbonyl (C=O) groups excluding carboxylic acids is 1. The van der Waals surface area contributed by atoms with E-state index in [1.54, 1.807) is 0 Å². The maximum Gasteiger partial charge on any atom is 0.325 e. The van der Waals surface area contributed by atoms with E-state index in [0.717, 1.165) is 0 Å². The molecular formula is C17H33NO5. The maximum absolute atomic E-state index is 12.0. The Morgan fingerprint density at radius 2 is 1.74 bits per heavy atom. The summed E-state index contributed by atoms with van der Waals surface area (Å²) in [6, 6.07) is -0.765. The Bertz CT molecular complexity index is 348. The summed E-state index contributed by atoms with van der Waals surface area (Å²) in [7, 11) is 0. The highest BCUT2D eigenvalue weighted by Crippen LogP contribution is 2.20. The van der Waals surface area contributed by atoms with Gasteiger partial charge in [-0.05, 0) is 18.3 Å². The minimum Gasteiger partial charge on any atom is -0.458 e. The molecule has 136 valence electrons. The number of esters is 1. The normalized spacial score (nSPS) is 30.0. The van der Waals surface area contributed by atoms with Crippen molar-refractivity contribution < 1.29 is 23.7 Å². The lowest BCUT2D eigenvalue weighted by Crippen LogP contribution is -2.46. The fourth-order valence-electron chi connectivity index (χ4n) is 2.31. The molecule has 0 aromatic rings. The average Bonchev–Trinajstić information content (AvgIpc) is 2.53. The van der Waals surface area contributed by atoms with Gasteiger partial charge in [0.15, 0.2) is 0 Å². The van der Waals surface area contributed by atoms with Gasteiger partial charge >= 0.3 is 5.97 Å². The first-order valence-corrected chi connectivity index (χ1v) is 8.62. The van der Waals surface area contributed by atoms with Gasteiger partial charge in [0.2, 0.25) is 0 Å². The molecule has 0 spiro atoms. The minimum atomic E-state index is -0.765. The standard InChI is InChI=1S/C17H33NO5/c1-6-14-16(22-8-12(4)5)15(21-7-11(2)3)10-20-9-13(18)17(19)23-14/h11-16H,6-10,18H2,1-5H3/t13-,14+,15-,16-/m0/s1. The molecule has 0 aromatic heterocycles. The zero-order chi connectivity index (χ0) is 17.4. The molecule has 23 heavy (non-hydrogen) atoms. The highest BCUT2D eigenvalue weighted by atomic mass is 16.6. The molecule has 0 unspecified atom stereocenters. The molecule has 0 bridgehead atoms. The third kappa shape index (κ3) is 7.16. The molecule has 0 radical (unpaired) electrons. The summed E-state index contributed by atoms with van der Waals surface area (Å²) in [6.45, 7) is 12.0. The molecule has 1 aliphatic heterocycles. The van der Waals surface area contributed by atoms with E-state index in [1.807, 2.05) is 6.92 Å². The second-order valence-corrected chi connectivity index (χ2v) is 6.98. The molecule has 1 rings (SSSR count). The van der Waals surface area contributed by atoms with E-state index in [9.17, 15) is 4.79 Å². The van der Waals surface area contributed by atoms with Crippen molar-refractivity contribution >= 4 is 5.97 Å². The average molecular weight is 331 g/mol. The van der Waals surface area contributed by atoms with E-state index < -0.39 is 12.0 Å². The fourth-order valence-corrected chi connectivity index (χ4v) is 2.31. The van der Waals surface area contributed by atoms with E-state index in [0.29, 0.717) is 38.1 Å². The number of cyclic esters (lactones) is 1. The molecule has 1 fully saturated rings. The van der Waals surface area contributed by atoms with Gasteiger partial charge in [-0.25, -0.2) is 0 Å². The van der Waals surface area contributed by atoms with Crippen LogP contribution in [0.5, 0.6) is 0 Å². The van der Waals surface area contributed by atoms with Crippen LogP contribution in [0.1, 0.15) is 41.0 Å². The summed E-state index contributed by atoms with van der Waals surface area (Å²) in [4.78, 5) is 12.0. The number of nitrogens with two attached hydrogens (primary N) is 1. The molecular weight excluding hydrogens is 298 g/mol. The molecule has 0 aromatic carbocycles. The number of ether oxygens (including phenoxy) is 4. The van der Waals surface area contributed by atoms with Crippen molar-refractivity contribution in [1.29, 1.82) is 0 Å². The van der Waals surface area contributed by atoms with Crippen molar-refractivity contribution in [3.05, 3.63) is 0 Å². The third-order valence-electron chi connectivity index (χ3n) is 3.55.